The van der Waals surface area contributed by atoms with Crippen molar-refractivity contribution in [3.63, 3.8) is 0 Å². The molecule has 0 N–H and O–H groups in total. The fourth-order valence-electron chi connectivity index (χ4n) is 3.10. The molecule has 0 aliphatic carbocycles. The highest BCUT2D eigenvalue weighted by molar-refractivity contribution is 7.63. The van der Waals surface area contributed by atoms with Gasteiger partial charge in [0, 0.05) is 23.9 Å². The van der Waals surface area contributed by atoms with Gasteiger partial charge in [-0.1, -0.05) is 32.9 Å². The van der Waals surface area contributed by atoms with E-state index >= 15 is 0 Å². The van der Waals surface area contributed by atoms with Crippen molar-refractivity contribution in [2.75, 3.05) is 6.16 Å². The zero-order valence-corrected chi connectivity index (χ0v) is 13.3. The topological polar surface area (TPSA) is 20.3 Å². The Balaban J connectivity index is 3.13. The second-order valence-electron chi connectivity index (χ2n) is 6.74. The molecular formula is C14H28NOP. The molecule has 0 aromatic heterocycles. The summed E-state index contributed by atoms with van der Waals surface area (Å²) in [6.45, 7) is 15.2. The SMILES string of the molecule is CC(C)N(C(C)C)[P@@]1(=O)CC=C[C@@H]1C(C)(C)C. The largest absolute Gasteiger partial charge is 0.306 e. The average Bonchev–Trinajstić information content (AvgIpc) is 2.44. The first-order chi connectivity index (χ1) is 7.60. The minimum absolute atomic E-state index is 0.0740. The van der Waals surface area contributed by atoms with Gasteiger partial charge in [-0.2, -0.15) is 0 Å². The summed E-state index contributed by atoms with van der Waals surface area (Å²) in [6.07, 6.45) is 5.04. The van der Waals surface area contributed by atoms with E-state index in [2.05, 4.69) is 65.3 Å². The molecule has 0 saturated carbocycles. The summed E-state index contributed by atoms with van der Waals surface area (Å²) in [5.74, 6) is 0. The molecule has 17 heavy (non-hydrogen) atoms. The van der Waals surface area contributed by atoms with E-state index in [1.165, 1.54) is 0 Å². The zero-order chi connectivity index (χ0) is 13.4. The fraction of sp³-hybridized carbons (Fsp3) is 0.857. The minimum atomic E-state index is -2.30. The summed E-state index contributed by atoms with van der Waals surface area (Å²) in [4.78, 5) is 0. The molecule has 3 heteroatoms. The number of hydrogen-bond donors (Lipinski definition) is 0. The van der Waals surface area contributed by atoms with Crippen LogP contribution < -0.4 is 0 Å². The quantitative estimate of drug-likeness (QED) is 0.553. The lowest BCUT2D eigenvalue weighted by Crippen LogP contribution is -2.39. The molecule has 0 aromatic rings. The van der Waals surface area contributed by atoms with Gasteiger partial charge in [0.05, 0.1) is 0 Å². The van der Waals surface area contributed by atoms with Gasteiger partial charge in [-0.15, -0.1) is 0 Å². The molecule has 2 atom stereocenters. The van der Waals surface area contributed by atoms with Crippen molar-refractivity contribution in [3.8, 4) is 0 Å². The van der Waals surface area contributed by atoms with E-state index in [0.29, 0.717) is 12.1 Å². The van der Waals surface area contributed by atoms with Crippen molar-refractivity contribution in [2.45, 2.75) is 66.2 Å². The number of rotatable bonds is 3. The highest BCUT2D eigenvalue weighted by Crippen LogP contribution is 2.64. The van der Waals surface area contributed by atoms with Crippen LogP contribution in [-0.2, 0) is 4.57 Å². The third-order valence-electron chi connectivity index (χ3n) is 3.46. The monoisotopic (exact) mass is 257 g/mol. The highest BCUT2D eigenvalue weighted by Gasteiger charge is 2.46. The van der Waals surface area contributed by atoms with Crippen LogP contribution in [-0.4, -0.2) is 28.6 Å². The van der Waals surface area contributed by atoms with Gasteiger partial charge in [-0.3, -0.25) is 0 Å². The average molecular weight is 257 g/mol. The summed E-state index contributed by atoms with van der Waals surface area (Å²) in [5, 5.41) is 0. The molecule has 0 fully saturated rings. The summed E-state index contributed by atoms with van der Waals surface area (Å²) in [6, 6.07) is 0.677. The van der Waals surface area contributed by atoms with Crippen molar-refractivity contribution < 1.29 is 4.57 Å². The smallest absolute Gasteiger partial charge is 0.161 e. The molecule has 0 amide bonds. The second-order valence-corrected chi connectivity index (χ2v) is 9.64. The van der Waals surface area contributed by atoms with Crippen molar-refractivity contribution in [2.24, 2.45) is 5.41 Å². The van der Waals surface area contributed by atoms with E-state index in [9.17, 15) is 4.57 Å². The van der Waals surface area contributed by atoms with Gasteiger partial charge < -0.3 is 4.57 Å². The Morgan fingerprint density at radius 1 is 1.18 bits per heavy atom. The molecule has 0 unspecified atom stereocenters. The highest BCUT2D eigenvalue weighted by atomic mass is 31.2. The van der Waals surface area contributed by atoms with Gasteiger partial charge in [-0.05, 0) is 33.1 Å². The fourth-order valence-corrected chi connectivity index (χ4v) is 7.39. The zero-order valence-electron chi connectivity index (χ0n) is 12.4. The van der Waals surface area contributed by atoms with Gasteiger partial charge in [0.15, 0.2) is 7.29 Å². The first kappa shape index (κ1) is 15.0. The van der Waals surface area contributed by atoms with Crippen LogP contribution in [0.3, 0.4) is 0 Å². The second kappa shape index (κ2) is 4.90. The van der Waals surface area contributed by atoms with Crippen LogP contribution in [0.5, 0.6) is 0 Å². The normalized spacial score (nSPS) is 29.9. The lowest BCUT2D eigenvalue weighted by atomic mass is 9.92. The summed E-state index contributed by atoms with van der Waals surface area (Å²) in [5.41, 5.74) is 0.268. The molecule has 1 aliphatic heterocycles. The standard InChI is InChI=1S/C14H28NOP/c1-11(2)15(12(3)4)17(16)10-8-9-13(17)14(5,6)7/h8-9,11-13H,10H2,1-7H3/t13-,17-/m1/s1. The van der Waals surface area contributed by atoms with Crippen molar-refractivity contribution in [3.05, 3.63) is 12.2 Å². The predicted molar refractivity (Wildman–Crippen MR) is 77.0 cm³/mol. The molecular weight excluding hydrogens is 229 g/mol. The summed E-state index contributed by atoms with van der Waals surface area (Å²) in [7, 11) is -2.30. The summed E-state index contributed by atoms with van der Waals surface area (Å²) < 4.78 is 15.7. The maximum atomic E-state index is 13.4. The first-order valence-corrected chi connectivity index (χ1v) is 8.56. The third kappa shape index (κ3) is 2.85. The van der Waals surface area contributed by atoms with Gasteiger partial charge in [0.25, 0.3) is 0 Å². The third-order valence-corrected chi connectivity index (χ3v) is 7.71. The lowest BCUT2D eigenvalue weighted by molar-refractivity contribution is 0.286. The molecule has 2 nitrogen and oxygen atoms in total. The van der Waals surface area contributed by atoms with Crippen LogP contribution in [0.4, 0.5) is 0 Å². The van der Waals surface area contributed by atoms with Crippen molar-refractivity contribution >= 4 is 7.29 Å². The molecule has 0 bridgehead atoms. The number of hydrogen-bond acceptors (Lipinski definition) is 1. The minimum Gasteiger partial charge on any atom is -0.306 e. The van der Waals surface area contributed by atoms with Crippen LogP contribution in [0.2, 0.25) is 0 Å². The Morgan fingerprint density at radius 2 is 1.65 bits per heavy atom. The molecule has 0 spiro atoms. The Morgan fingerprint density at radius 3 is 2.00 bits per heavy atom. The number of allylic oxidation sites excluding steroid dienone is 2. The van der Waals surface area contributed by atoms with E-state index < -0.39 is 7.29 Å². The molecule has 1 aliphatic rings. The van der Waals surface area contributed by atoms with Gasteiger partial charge in [0.1, 0.15) is 0 Å². The number of nitrogens with zero attached hydrogens (tertiary/aromatic N) is 1. The van der Waals surface area contributed by atoms with Crippen LogP contribution in [0.1, 0.15) is 48.5 Å². The Bertz CT molecular complexity index is 331. The molecule has 0 radical (unpaired) electrons. The van der Waals surface area contributed by atoms with Crippen LogP contribution in [0, 0.1) is 5.41 Å². The Labute approximate surface area is 107 Å². The molecule has 0 saturated heterocycles. The van der Waals surface area contributed by atoms with Crippen LogP contribution in [0.25, 0.3) is 0 Å². The van der Waals surface area contributed by atoms with E-state index in [4.69, 9.17) is 0 Å². The first-order valence-electron chi connectivity index (χ1n) is 6.65. The van der Waals surface area contributed by atoms with Crippen LogP contribution >= 0.6 is 7.29 Å². The van der Waals surface area contributed by atoms with Crippen LogP contribution in [0.15, 0.2) is 12.2 Å². The predicted octanol–water partition coefficient (Wildman–Crippen LogP) is 4.37. The molecule has 1 heterocycles. The van der Waals surface area contributed by atoms with Gasteiger partial charge in [-0.25, -0.2) is 4.67 Å². The maximum absolute atomic E-state index is 13.4. The maximum Gasteiger partial charge on any atom is 0.161 e. The van der Waals surface area contributed by atoms with Crippen molar-refractivity contribution in [1.29, 1.82) is 0 Å². The van der Waals surface area contributed by atoms with E-state index in [1.54, 1.807) is 0 Å². The van der Waals surface area contributed by atoms with E-state index in [1.807, 2.05) is 0 Å². The lowest BCUT2D eigenvalue weighted by Gasteiger charge is -2.43. The van der Waals surface area contributed by atoms with E-state index in [0.717, 1.165) is 6.16 Å². The molecule has 1 rings (SSSR count). The molecule has 0 aromatic carbocycles. The Hall–Kier alpha value is -0.0700. The Kier molecular flexibility index (Phi) is 4.32. The van der Waals surface area contributed by atoms with Gasteiger partial charge >= 0.3 is 0 Å². The summed E-state index contributed by atoms with van der Waals surface area (Å²) >= 11 is 0. The molecule has 100 valence electrons. The van der Waals surface area contributed by atoms with Crippen molar-refractivity contribution in [1.82, 2.24) is 4.67 Å². The van der Waals surface area contributed by atoms with E-state index in [-0.39, 0.29) is 11.1 Å². The van der Waals surface area contributed by atoms with Gasteiger partial charge in [0.2, 0.25) is 0 Å².